The molecule has 0 N–H and O–H groups in total. The molecule has 0 amide bonds. The fourth-order valence-electron chi connectivity index (χ4n) is 3.68. The molecule has 0 aliphatic rings. The molecule has 0 radical (unpaired) electrons. The van der Waals surface area contributed by atoms with Crippen molar-refractivity contribution in [3.63, 3.8) is 0 Å². The number of hydrogen-bond acceptors (Lipinski definition) is 4. The predicted octanol–water partition coefficient (Wildman–Crippen LogP) is 1.72. The zero-order valence-corrected chi connectivity index (χ0v) is 15.8. The number of nitrogens with zero attached hydrogens (tertiary/aromatic N) is 3. The summed E-state index contributed by atoms with van der Waals surface area (Å²) in [5, 5.41) is 0. The van der Waals surface area contributed by atoms with Crippen LogP contribution in [0, 0.1) is 0 Å². The van der Waals surface area contributed by atoms with Crippen LogP contribution in [0.3, 0.4) is 0 Å². The molecule has 0 saturated carbocycles. The van der Waals surface area contributed by atoms with Gasteiger partial charge in [0.1, 0.15) is 0 Å². The van der Waals surface area contributed by atoms with E-state index in [0.717, 1.165) is 5.76 Å². The minimum absolute atomic E-state index is 0.0225. The molecule has 0 fully saturated rings. The van der Waals surface area contributed by atoms with Crippen molar-refractivity contribution in [2.24, 2.45) is 0 Å². The van der Waals surface area contributed by atoms with Crippen LogP contribution in [0.2, 0.25) is 0 Å². The van der Waals surface area contributed by atoms with E-state index in [1.54, 1.807) is 6.26 Å². The van der Waals surface area contributed by atoms with E-state index >= 15 is 0 Å². The van der Waals surface area contributed by atoms with E-state index in [0.29, 0.717) is 0 Å². The molecule has 0 bridgehead atoms. The standard InChI is InChI=1S/C7H9O.3C2H6N.Sn/c1-6(2)7-4-3-5-8-7;3*1-3-2;/h3-5H,1-2H3;3*1-2H3;/q;3*-1;+3. The van der Waals surface area contributed by atoms with Gasteiger partial charge in [0.05, 0.1) is 0 Å². The summed E-state index contributed by atoms with van der Waals surface area (Å²) in [7, 11) is 13.2. The summed E-state index contributed by atoms with van der Waals surface area (Å²) >= 11 is -2.97. The quantitative estimate of drug-likeness (QED) is 0.746. The van der Waals surface area contributed by atoms with E-state index in [2.05, 4.69) is 71.6 Å². The molecule has 1 heterocycles. The van der Waals surface area contributed by atoms with E-state index in [4.69, 9.17) is 4.42 Å². The molecule has 0 aromatic carbocycles. The van der Waals surface area contributed by atoms with Crippen molar-refractivity contribution in [1.82, 2.24) is 9.36 Å². The van der Waals surface area contributed by atoms with Crippen molar-refractivity contribution in [2.75, 3.05) is 42.3 Å². The summed E-state index contributed by atoms with van der Waals surface area (Å²) in [5.74, 6) is 1.08. The van der Waals surface area contributed by atoms with Crippen molar-refractivity contribution in [3.8, 4) is 0 Å². The van der Waals surface area contributed by atoms with E-state index in [9.17, 15) is 0 Å². The Morgan fingerprint density at radius 2 is 1.39 bits per heavy atom. The van der Waals surface area contributed by atoms with Gasteiger partial charge < -0.3 is 0 Å². The van der Waals surface area contributed by atoms with Gasteiger partial charge >= 0.3 is 117 Å². The van der Waals surface area contributed by atoms with Crippen LogP contribution in [0.25, 0.3) is 0 Å². The predicted molar refractivity (Wildman–Crippen MR) is 78.5 cm³/mol. The van der Waals surface area contributed by atoms with Crippen LogP contribution in [0.4, 0.5) is 0 Å². The second-order valence-corrected chi connectivity index (χ2v) is 20.8. The van der Waals surface area contributed by atoms with Gasteiger partial charge in [0, 0.05) is 0 Å². The topological polar surface area (TPSA) is 22.9 Å². The van der Waals surface area contributed by atoms with Gasteiger partial charge in [0.15, 0.2) is 0 Å². The average molecular weight is 360 g/mol. The maximum absolute atomic E-state index is 5.73. The molecule has 1 rings (SSSR count). The molecule has 0 spiro atoms. The van der Waals surface area contributed by atoms with Crippen molar-refractivity contribution < 1.29 is 4.42 Å². The summed E-state index contributed by atoms with van der Waals surface area (Å²) < 4.78 is 13.1. The first-order chi connectivity index (χ1) is 8.19. The van der Waals surface area contributed by atoms with E-state index in [1.807, 2.05) is 6.07 Å². The average Bonchev–Trinajstić information content (AvgIpc) is 2.67. The molecule has 5 heteroatoms. The first kappa shape index (κ1) is 16.0. The van der Waals surface area contributed by atoms with Crippen LogP contribution in [0.5, 0.6) is 0 Å². The summed E-state index contributed by atoms with van der Waals surface area (Å²) in [5.41, 5.74) is 0. The van der Waals surface area contributed by atoms with Crippen LogP contribution < -0.4 is 0 Å². The monoisotopic (exact) mass is 361 g/mol. The van der Waals surface area contributed by atoms with Gasteiger partial charge in [0.2, 0.25) is 0 Å². The van der Waals surface area contributed by atoms with Gasteiger partial charge in [-0.25, -0.2) is 0 Å². The molecule has 18 heavy (non-hydrogen) atoms. The Balaban J connectivity index is 3.43. The fourth-order valence-corrected chi connectivity index (χ4v) is 21.4. The molecule has 104 valence electrons. The second kappa shape index (κ2) is 5.53. The first-order valence-corrected chi connectivity index (χ1v) is 11.5. The number of hydrogen-bond donors (Lipinski definition) is 0. The summed E-state index contributed by atoms with van der Waals surface area (Å²) in [6, 6.07) is 4.08. The first-order valence-electron chi connectivity index (χ1n) is 6.25. The minimum atomic E-state index is -2.97. The Bertz CT molecular complexity index is 350. The molecule has 1 aromatic rings. The molecular weight excluding hydrogens is 333 g/mol. The number of furan rings is 1. The second-order valence-electron chi connectivity index (χ2n) is 5.92. The fraction of sp³-hybridized carbons (Fsp3) is 0.692. The normalized spacial score (nSPS) is 13.9. The zero-order valence-electron chi connectivity index (χ0n) is 13.0. The van der Waals surface area contributed by atoms with Gasteiger partial charge in [-0.2, -0.15) is 0 Å². The summed E-state index contributed by atoms with van der Waals surface area (Å²) in [6.07, 6.45) is 1.77. The molecule has 0 aliphatic heterocycles. The molecule has 0 atom stereocenters. The van der Waals surface area contributed by atoms with E-state index in [1.165, 1.54) is 0 Å². The summed E-state index contributed by atoms with van der Waals surface area (Å²) in [4.78, 5) is 0. The van der Waals surface area contributed by atoms with Crippen molar-refractivity contribution in [3.05, 3.63) is 24.2 Å². The van der Waals surface area contributed by atoms with Crippen LogP contribution >= 0.6 is 0 Å². The molecule has 0 unspecified atom stereocenters. The third-order valence-corrected chi connectivity index (χ3v) is 20.0. The van der Waals surface area contributed by atoms with Crippen LogP contribution in [0.15, 0.2) is 22.8 Å². The van der Waals surface area contributed by atoms with Gasteiger partial charge in [-0.3, -0.25) is 0 Å². The third kappa shape index (κ3) is 2.24. The Kier molecular flexibility index (Phi) is 4.92. The molecule has 1 aromatic heterocycles. The number of rotatable bonds is 5. The molecule has 0 aliphatic carbocycles. The van der Waals surface area contributed by atoms with Gasteiger partial charge in [-0.1, -0.05) is 0 Å². The van der Waals surface area contributed by atoms with E-state index in [-0.39, 0.29) is 3.43 Å². The van der Waals surface area contributed by atoms with Crippen LogP contribution in [-0.2, 0) is 3.43 Å². The molecule has 4 nitrogen and oxygen atoms in total. The SMILES string of the molecule is C[N](C)[Sn]([N](C)C)([N](C)C)[C](C)(C)c1ccco1. The van der Waals surface area contributed by atoms with Crippen LogP contribution in [-0.4, -0.2) is 70.8 Å². The molecular formula is C13H27N3OSn. The maximum atomic E-state index is 5.73. The van der Waals surface area contributed by atoms with E-state index < -0.39 is 19.2 Å². The van der Waals surface area contributed by atoms with Gasteiger partial charge in [-0.15, -0.1) is 0 Å². The van der Waals surface area contributed by atoms with Crippen molar-refractivity contribution in [2.45, 2.75) is 17.3 Å². The van der Waals surface area contributed by atoms with Gasteiger partial charge in [-0.05, 0) is 0 Å². The third-order valence-electron chi connectivity index (χ3n) is 3.85. The van der Waals surface area contributed by atoms with Gasteiger partial charge in [0.25, 0.3) is 0 Å². The molecule has 0 saturated heterocycles. The Morgan fingerprint density at radius 3 is 1.67 bits per heavy atom. The van der Waals surface area contributed by atoms with Crippen molar-refractivity contribution >= 4 is 19.2 Å². The zero-order chi connectivity index (χ0) is 14.1. The Hall–Kier alpha value is -0.0413. The Labute approximate surface area is 116 Å². The van der Waals surface area contributed by atoms with Crippen molar-refractivity contribution in [1.29, 1.82) is 0 Å². The summed E-state index contributed by atoms with van der Waals surface area (Å²) in [6.45, 7) is 4.61. The Morgan fingerprint density at radius 1 is 0.944 bits per heavy atom. The van der Waals surface area contributed by atoms with Crippen LogP contribution in [0.1, 0.15) is 19.6 Å².